The van der Waals surface area contributed by atoms with Crippen molar-refractivity contribution in [1.29, 1.82) is 0 Å². The first-order chi connectivity index (χ1) is 24.2. The third kappa shape index (κ3) is 5.84. The average Bonchev–Trinajstić information content (AvgIpc) is 3.56. The summed E-state index contributed by atoms with van der Waals surface area (Å²) in [7, 11) is 0. The van der Waals surface area contributed by atoms with Crippen molar-refractivity contribution in [3.63, 3.8) is 0 Å². The molecule has 4 saturated heterocycles. The van der Waals surface area contributed by atoms with E-state index in [1.807, 2.05) is 0 Å². The first kappa shape index (κ1) is 37.2. The number of allylic oxidation sites excluding steroid dienone is 1. The predicted octanol–water partition coefficient (Wildman–Crippen LogP) is 1.96. The Morgan fingerprint density at radius 3 is 2.35 bits per heavy atom. The standard InChI is InChI=1S/C39H63NO11/c1-18-8-13-39(40-16-18)19(2)28-26(51-39)15-25-23-7-6-21-14-22(9-11-37(21,4)24(23)10-12-38(25,28)5)48-36-34(32(45)30(43)27(17-41)49-36)50-35-33(46)31(44)29(42)20(3)47-35/h6,18-20,22-36,40-46H,7-17H2,1-5H3/t18-,19+,20+,22+,23-,24+,25+,26+,27-,28+,29+,30-,31-,32+,33-,34-,35+,36-,37+,38+,39?/m1/s1. The third-order valence-electron chi connectivity index (χ3n) is 15.8. The summed E-state index contributed by atoms with van der Waals surface area (Å²) < 4.78 is 31.2. The van der Waals surface area contributed by atoms with Crippen molar-refractivity contribution in [1.82, 2.24) is 5.32 Å². The smallest absolute Gasteiger partial charge is 0.187 e. The zero-order chi connectivity index (χ0) is 36.2. The number of fused-ring (bicyclic) bond motifs is 7. The van der Waals surface area contributed by atoms with Gasteiger partial charge in [-0.25, -0.2) is 0 Å². The Bertz CT molecular complexity index is 1310. The number of aliphatic hydroxyl groups excluding tert-OH is 6. The molecule has 8 rings (SSSR count). The minimum absolute atomic E-state index is 0.0659. The van der Waals surface area contributed by atoms with Gasteiger partial charge in [-0.3, -0.25) is 5.32 Å². The Morgan fingerprint density at radius 2 is 1.63 bits per heavy atom. The van der Waals surface area contributed by atoms with Crippen molar-refractivity contribution in [3.05, 3.63) is 11.6 Å². The first-order valence-electron chi connectivity index (χ1n) is 20.0. The van der Waals surface area contributed by atoms with Gasteiger partial charge in [-0.15, -0.1) is 0 Å². The Kier molecular flexibility index (Phi) is 9.83. The van der Waals surface area contributed by atoms with Crippen molar-refractivity contribution in [2.24, 2.45) is 46.3 Å². The highest BCUT2D eigenvalue weighted by Crippen LogP contribution is 2.70. The molecule has 7 fully saturated rings. The number of hydrogen-bond acceptors (Lipinski definition) is 12. The molecule has 21 atom stereocenters. The van der Waals surface area contributed by atoms with Crippen molar-refractivity contribution in [2.75, 3.05) is 13.2 Å². The largest absolute Gasteiger partial charge is 0.394 e. The second-order valence-corrected chi connectivity index (χ2v) is 18.4. The van der Waals surface area contributed by atoms with Crippen LogP contribution in [0.25, 0.3) is 0 Å². The number of ether oxygens (including phenoxy) is 5. The van der Waals surface area contributed by atoms with Crippen LogP contribution in [0.2, 0.25) is 0 Å². The Hall–Kier alpha value is -0.740. The molecular weight excluding hydrogens is 658 g/mol. The lowest BCUT2D eigenvalue weighted by molar-refractivity contribution is -0.369. The molecule has 290 valence electrons. The van der Waals surface area contributed by atoms with E-state index in [0.717, 1.165) is 38.6 Å². The van der Waals surface area contributed by atoms with Gasteiger partial charge in [0.05, 0.1) is 24.9 Å². The average molecular weight is 722 g/mol. The maximum absolute atomic E-state index is 11.1. The van der Waals surface area contributed by atoms with Crippen LogP contribution in [-0.4, -0.2) is 123 Å². The summed E-state index contributed by atoms with van der Waals surface area (Å²) in [5, 5.41) is 66.8. The zero-order valence-corrected chi connectivity index (χ0v) is 31.0. The zero-order valence-electron chi connectivity index (χ0n) is 31.0. The molecule has 4 aliphatic heterocycles. The van der Waals surface area contributed by atoms with E-state index in [9.17, 15) is 30.6 Å². The van der Waals surface area contributed by atoms with Gasteiger partial charge < -0.3 is 54.3 Å². The first-order valence-corrected chi connectivity index (χ1v) is 20.0. The minimum atomic E-state index is -1.60. The summed E-state index contributed by atoms with van der Waals surface area (Å²) in [6.07, 6.45) is -1.26. The normalized spacial score (nSPS) is 58.4. The summed E-state index contributed by atoms with van der Waals surface area (Å²) in [5.74, 6) is 3.68. The molecule has 0 bridgehead atoms. The maximum atomic E-state index is 11.1. The molecule has 0 aromatic heterocycles. The highest BCUT2D eigenvalue weighted by Gasteiger charge is 2.68. The van der Waals surface area contributed by atoms with Gasteiger partial charge >= 0.3 is 0 Å². The minimum Gasteiger partial charge on any atom is -0.394 e. The van der Waals surface area contributed by atoms with Crippen LogP contribution in [0.1, 0.15) is 92.4 Å². The molecule has 4 aliphatic carbocycles. The fourth-order valence-corrected chi connectivity index (χ4v) is 12.7. The lowest BCUT2D eigenvalue weighted by atomic mass is 9.47. The number of nitrogens with one attached hydrogen (secondary N) is 1. The predicted molar refractivity (Wildman–Crippen MR) is 184 cm³/mol. The number of hydrogen-bond donors (Lipinski definition) is 7. The Labute approximate surface area is 302 Å². The number of piperidine rings is 1. The van der Waals surface area contributed by atoms with Crippen molar-refractivity contribution in [2.45, 2.75) is 172 Å². The Morgan fingerprint density at radius 1 is 0.843 bits per heavy atom. The van der Waals surface area contributed by atoms with E-state index in [1.54, 1.807) is 6.92 Å². The molecule has 0 aromatic carbocycles. The van der Waals surface area contributed by atoms with Crippen LogP contribution in [-0.2, 0) is 23.7 Å². The summed E-state index contributed by atoms with van der Waals surface area (Å²) in [6.45, 7) is 11.9. The summed E-state index contributed by atoms with van der Waals surface area (Å²) >= 11 is 0. The van der Waals surface area contributed by atoms with Gasteiger partial charge in [-0.2, -0.15) is 0 Å². The van der Waals surface area contributed by atoms with Crippen LogP contribution in [0.5, 0.6) is 0 Å². The van der Waals surface area contributed by atoms with E-state index in [4.69, 9.17) is 23.7 Å². The molecule has 1 unspecified atom stereocenters. The second-order valence-electron chi connectivity index (χ2n) is 18.4. The molecule has 4 heterocycles. The SMILES string of the molecule is C[C@@H]1CCC2(NC1)O[C@H]1C[C@H]3[C@@H]4CC=C5C[C@@H](O[C@@H]6O[C@H](CO)[C@@H](O)[C@H](O)[C@H]6O[C@@H]6O[C@@H](C)[C@H](O)[C@@H](O)[C@H]6O)CC[C@]5(C)[C@H]4CC[C@]3(C)[C@H]1[C@@H]2C. The molecular formula is C39H63NO11. The van der Waals surface area contributed by atoms with E-state index < -0.39 is 68.0 Å². The van der Waals surface area contributed by atoms with Crippen molar-refractivity contribution >= 4 is 0 Å². The van der Waals surface area contributed by atoms with E-state index in [-0.39, 0.29) is 22.7 Å². The number of rotatable bonds is 5. The van der Waals surface area contributed by atoms with Crippen molar-refractivity contribution < 1.29 is 54.3 Å². The van der Waals surface area contributed by atoms with Gasteiger partial charge in [0.25, 0.3) is 0 Å². The Balaban J connectivity index is 0.964. The molecule has 7 N–H and O–H groups in total. The maximum Gasteiger partial charge on any atom is 0.187 e. The van der Waals surface area contributed by atoms with E-state index in [2.05, 4.69) is 39.1 Å². The fourth-order valence-electron chi connectivity index (χ4n) is 12.7. The van der Waals surface area contributed by atoms with Crippen LogP contribution in [0.3, 0.4) is 0 Å². The molecule has 3 saturated carbocycles. The van der Waals surface area contributed by atoms with Crippen LogP contribution in [0.4, 0.5) is 0 Å². The van der Waals surface area contributed by atoms with Gasteiger partial charge in [0, 0.05) is 12.5 Å². The monoisotopic (exact) mass is 721 g/mol. The van der Waals surface area contributed by atoms with Crippen LogP contribution in [0, 0.1) is 46.3 Å². The highest BCUT2D eigenvalue weighted by atomic mass is 16.8. The van der Waals surface area contributed by atoms with Gasteiger partial charge in [-0.05, 0) is 105 Å². The lowest BCUT2D eigenvalue weighted by Crippen LogP contribution is -2.64. The van der Waals surface area contributed by atoms with E-state index in [1.165, 1.54) is 24.8 Å². The van der Waals surface area contributed by atoms with Gasteiger partial charge in [0.15, 0.2) is 12.6 Å². The topological polar surface area (TPSA) is 180 Å². The van der Waals surface area contributed by atoms with Gasteiger partial charge in [0.2, 0.25) is 0 Å². The third-order valence-corrected chi connectivity index (χ3v) is 15.8. The van der Waals surface area contributed by atoms with E-state index >= 15 is 0 Å². The molecule has 8 aliphatic rings. The van der Waals surface area contributed by atoms with Crippen molar-refractivity contribution in [3.8, 4) is 0 Å². The summed E-state index contributed by atoms with van der Waals surface area (Å²) in [6, 6.07) is 0. The molecule has 0 aromatic rings. The van der Waals surface area contributed by atoms with Gasteiger partial charge in [-0.1, -0.05) is 39.3 Å². The van der Waals surface area contributed by atoms with Gasteiger partial charge in [0.1, 0.15) is 48.5 Å². The van der Waals surface area contributed by atoms with Crippen LogP contribution >= 0.6 is 0 Å². The molecule has 12 nitrogen and oxygen atoms in total. The molecule has 51 heavy (non-hydrogen) atoms. The summed E-state index contributed by atoms with van der Waals surface area (Å²) in [4.78, 5) is 0. The molecule has 12 heteroatoms. The molecule has 1 spiro atoms. The van der Waals surface area contributed by atoms with Crippen LogP contribution < -0.4 is 5.32 Å². The summed E-state index contributed by atoms with van der Waals surface area (Å²) in [5.41, 5.74) is 1.61. The van der Waals surface area contributed by atoms with E-state index in [0.29, 0.717) is 48.0 Å². The highest BCUT2D eigenvalue weighted by molar-refractivity contribution is 5.26. The molecule has 0 radical (unpaired) electrons. The second kappa shape index (κ2) is 13.5. The fraction of sp³-hybridized carbons (Fsp3) is 0.949. The van der Waals surface area contributed by atoms with Crippen LogP contribution in [0.15, 0.2) is 11.6 Å². The quantitative estimate of drug-likeness (QED) is 0.206. The number of aliphatic hydroxyl groups is 6. The lowest BCUT2D eigenvalue weighted by Gasteiger charge is -2.59. The molecule has 0 amide bonds.